The summed E-state index contributed by atoms with van der Waals surface area (Å²) < 4.78 is 14.5. The van der Waals surface area contributed by atoms with E-state index in [4.69, 9.17) is 20.0 Å². The number of ketones is 1. The number of hydrogen-bond donors (Lipinski definition) is 4. The van der Waals surface area contributed by atoms with Crippen molar-refractivity contribution in [1.29, 1.82) is 0 Å². The zero-order valence-electron chi connectivity index (χ0n) is 24.5. The maximum absolute atomic E-state index is 12.4. The minimum atomic E-state index is -1.02. The van der Waals surface area contributed by atoms with Crippen molar-refractivity contribution in [3.05, 3.63) is 120 Å². The first-order valence-corrected chi connectivity index (χ1v) is 18.2. The minimum Gasteiger partial charge on any atom is -0.507 e. The van der Waals surface area contributed by atoms with Crippen molar-refractivity contribution >= 4 is 113 Å². The largest absolute Gasteiger partial charge is 0.507 e. The molecule has 2 atom stereocenters. The number of fused-ring (bicyclic) bond motifs is 1. The quantitative estimate of drug-likeness (QED) is 0.0844. The van der Waals surface area contributed by atoms with E-state index in [1.807, 2.05) is 42.5 Å². The van der Waals surface area contributed by atoms with Crippen LogP contribution in [0.3, 0.4) is 0 Å². The van der Waals surface area contributed by atoms with Gasteiger partial charge < -0.3 is 30.2 Å². The number of carboxylic acids is 1. The number of ether oxygens (including phenoxy) is 1. The van der Waals surface area contributed by atoms with Crippen LogP contribution < -0.4 is 16.1 Å². The highest BCUT2D eigenvalue weighted by Gasteiger charge is 2.26. The van der Waals surface area contributed by atoms with Crippen molar-refractivity contribution in [2.45, 2.75) is 31.7 Å². The van der Waals surface area contributed by atoms with Crippen molar-refractivity contribution in [2.24, 2.45) is 5.73 Å². The number of carbonyl (C=O) groups is 2. The molecule has 5 rings (SSSR count). The average molecular weight is 1090 g/mol. The van der Waals surface area contributed by atoms with E-state index < -0.39 is 23.6 Å². The topological polar surface area (TPSA) is 160 Å². The minimum absolute atomic E-state index is 0.0641. The molecule has 0 saturated heterocycles. The normalized spacial score (nSPS) is 12.1. The molecular weight excluding hydrogens is 1060 g/mol. The molecule has 0 aliphatic rings. The van der Waals surface area contributed by atoms with Crippen molar-refractivity contribution in [2.75, 3.05) is 0 Å². The van der Waals surface area contributed by atoms with Gasteiger partial charge >= 0.3 is 11.6 Å². The third-order valence-electron chi connectivity index (χ3n) is 6.90. The van der Waals surface area contributed by atoms with Crippen molar-refractivity contribution in [3.8, 4) is 23.0 Å². The highest BCUT2D eigenvalue weighted by molar-refractivity contribution is 14.1. The van der Waals surface area contributed by atoms with Gasteiger partial charge in [0.25, 0.3) is 0 Å². The van der Waals surface area contributed by atoms with E-state index in [-0.39, 0.29) is 35.7 Å². The van der Waals surface area contributed by atoms with Crippen molar-refractivity contribution in [1.82, 2.24) is 0 Å². The van der Waals surface area contributed by atoms with Gasteiger partial charge in [-0.3, -0.25) is 9.59 Å². The molecule has 5 aromatic rings. The van der Waals surface area contributed by atoms with Crippen LogP contribution in [0, 0.1) is 14.3 Å². The van der Waals surface area contributed by atoms with Crippen LogP contribution in [0.1, 0.15) is 36.0 Å². The summed E-state index contributed by atoms with van der Waals surface area (Å²) in [5, 5.41) is 29.8. The monoisotopic (exact) mass is 1080 g/mol. The van der Waals surface area contributed by atoms with E-state index in [0.29, 0.717) is 29.6 Å². The highest BCUT2D eigenvalue weighted by atomic mass is 127. The first-order chi connectivity index (χ1) is 22.3. The Morgan fingerprint density at radius 2 is 1.43 bits per heavy atom. The number of phenolic OH excluding ortho intramolecular Hbond substituents is 1. The van der Waals surface area contributed by atoms with Gasteiger partial charge in [0.15, 0.2) is 5.75 Å². The standard InChI is InChI=1S/C19H16O4.C15H11I4NO4/c1-12(20)11-15(13-7-3-2-4-8-13)17-18(21)14-9-5-6-10-16(14)23-19(17)22;16-8-4-7(5-9(17)13(8)21)24-14-10(18)1-6(2-11(14)19)3-12(20)15(22)23/h2-10,15,21H,11H2,1H3;1-2,4-5,12,21H,3,20H2,(H,22,23)/t;12-/m.0/s1. The number of aromatic hydroxyl groups is 2. The van der Waals surface area contributed by atoms with Gasteiger partial charge in [0.1, 0.15) is 34.7 Å². The molecule has 0 saturated carbocycles. The summed E-state index contributed by atoms with van der Waals surface area (Å²) in [7, 11) is 0. The van der Waals surface area contributed by atoms with E-state index in [2.05, 4.69) is 90.4 Å². The Bertz CT molecular complexity index is 1950. The third kappa shape index (κ3) is 9.57. The molecule has 9 nitrogen and oxygen atoms in total. The van der Waals surface area contributed by atoms with Crippen molar-refractivity contribution < 1.29 is 34.1 Å². The Labute approximate surface area is 324 Å². The summed E-state index contributed by atoms with van der Waals surface area (Å²) in [6, 6.07) is 22.3. The first-order valence-electron chi connectivity index (χ1n) is 13.9. The molecule has 1 aromatic heterocycles. The summed E-state index contributed by atoms with van der Waals surface area (Å²) in [6.07, 6.45) is 0.386. The van der Waals surface area contributed by atoms with Crippen LogP contribution in [0.2, 0.25) is 0 Å². The van der Waals surface area contributed by atoms with Crippen LogP contribution in [0.4, 0.5) is 0 Å². The molecule has 4 aromatic carbocycles. The third-order valence-corrected chi connectivity index (χ3v) is 10.2. The summed E-state index contributed by atoms with van der Waals surface area (Å²) >= 11 is 8.42. The number of rotatable bonds is 9. The molecule has 0 radical (unpaired) electrons. The van der Waals surface area contributed by atoms with Gasteiger partial charge in [-0.25, -0.2) is 4.79 Å². The molecule has 0 amide bonds. The molecule has 0 aliphatic heterocycles. The Balaban J connectivity index is 0.000000213. The van der Waals surface area contributed by atoms with Gasteiger partial charge in [-0.2, -0.15) is 0 Å². The highest BCUT2D eigenvalue weighted by Crippen LogP contribution is 2.38. The predicted octanol–water partition coefficient (Wildman–Crippen LogP) is 8.17. The van der Waals surface area contributed by atoms with Crippen LogP contribution in [0.15, 0.2) is 88.1 Å². The lowest BCUT2D eigenvalue weighted by atomic mass is 9.87. The second-order valence-electron chi connectivity index (χ2n) is 10.4. The summed E-state index contributed by atoms with van der Waals surface area (Å²) in [5.74, 6) is -0.166. The number of halogens is 4. The van der Waals surface area contributed by atoms with E-state index in [9.17, 15) is 24.6 Å². The number of Topliss-reactive ketones (excluding diaryl/α,β-unsaturated/α-hetero) is 1. The second-order valence-corrected chi connectivity index (χ2v) is 15.0. The molecule has 244 valence electrons. The fourth-order valence-electron chi connectivity index (χ4n) is 4.70. The maximum atomic E-state index is 12.4. The Morgan fingerprint density at radius 1 is 0.851 bits per heavy atom. The van der Waals surface area contributed by atoms with Gasteiger partial charge in [0, 0.05) is 12.3 Å². The van der Waals surface area contributed by atoms with Gasteiger partial charge in [-0.1, -0.05) is 42.5 Å². The lowest BCUT2D eigenvalue weighted by Gasteiger charge is -2.17. The zero-order valence-corrected chi connectivity index (χ0v) is 33.2. The van der Waals surface area contributed by atoms with Crippen LogP contribution in [0.25, 0.3) is 11.0 Å². The van der Waals surface area contributed by atoms with Gasteiger partial charge in [0.05, 0.1) is 25.2 Å². The summed E-state index contributed by atoms with van der Waals surface area (Å²) in [6.45, 7) is 1.47. The fourth-order valence-corrected chi connectivity index (χ4v) is 8.53. The van der Waals surface area contributed by atoms with Crippen LogP contribution in [0.5, 0.6) is 23.0 Å². The SMILES string of the molecule is CC(=O)CC(c1ccccc1)c1c(O)c2ccccc2oc1=O.N[C@@H](Cc1cc(I)c(Oc2cc(I)c(O)c(I)c2)c(I)c1)C(=O)O. The second kappa shape index (κ2) is 16.8. The summed E-state index contributed by atoms with van der Waals surface area (Å²) in [4.78, 5) is 35.0. The number of carboxylic acid groups (broad SMARTS) is 1. The van der Waals surface area contributed by atoms with E-state index >= 15 is 0 Å². The number of para-hydroxylation sites is 1. The maximum Gasteiger partial charge on any atom is 0.343 e. The number of benzene rings is 4. The Hall–Kier alpha value is -2.49. The Morgan fingerprint density at radius 3 is 2.00 bits per heavy atom. The average Bonchev–Trinajstić information content (AvgIpc) is 3.01. The molecule has 5 N–H and O–H groups in total. The molecule has 1 unspecified atom stereocenters. The van der Waals surface area contributed by atoms with Crippen molar-refractivity contribution in [3.63, 3.8) is 0 Å². The number of aliphatic carboxylic acids is 1. The van der Waals surface area contributed by atoms with Gasteiger partial charge in [0.2, 0.25) is 0 Å². The molecule has 1 heterocycles. The molecule has 47 heavy (non-hydrogen) atoms. The molecule has 0 spiro atoms. The fraction of sp³-hybridized carbons (Fsp3) is 0.147. The zero-order chi connectivity index (χ0) is 34.4. The van der Waals surface area contributed by atoms with Crippen LogP contribution >= 0.6 is 90.4 Å². The number of hydrogen-bond acceptors (Lipinski definition) is 8. The lowest BCUT2D eigenvalue weighted by molar-refractivity contribution is -0.138. The summed E-state index contributed by atoms with van der Waals surface area (Å²) in [5.41, 5.74) is 7.08. The Kier molecular flexibility index (Phi) is 13.3. The predicted molar refractivity (Wildman–Crippen MR) is 213 cm³/mol. The van der Waals surface area contributed by atoms with Gasteiger partial charge in [-0.05, 0) is 151 Å². The number of carbonyl (C=O) groups excluding carboxylic acids is 1. The molecule has 0 aliphatic carbocycles. The van der Waals surface area contributed by atoms with E-state index in [1.54, 1.807) is 36.4 Å². The van der Waals surface area contributed by atoms with Crippen LogP contribution in [-0.2, 0) is 16.0 Å². The number of phenols is 1. The molecule has 13 heteroatoms. The van der Waals surface area contributed by atoms with Crippen LogP contribution in [-0.4, -0.2) is 33.1 Å². The van der Waals surface area contributed by atoms with E-state index in [0.717, 1.165) is 18.3 Å². The lowest BCUT2D eigenvalue weighted by Crippen LogP contribution is -2.32. The van der Waals surface area contributed by atoms with E-state index in [1.165, 1.54) is 6.92 Å². The molecular formula is C34H27I4NO8. The number of nitrogens with two attached hydrogens (primary N) is 1. The smallest absolute Gasteiger partial charge is 0.343 e. The van der Waals surface area contributed by atoms with Gasteiger partial charge in [-0.15, -0.1) is 0 Å². The molecule has 0 bridgehead atoms. The molecule has 0 fully saturated rings. The first kappa shape index (κ1) is 37.3.